The van der Waals surface area contributed by atoms with Crippen molar-refractivity contribution in [3.8, 4) is 0 Å². The van der Waals surface area contributed by atoms with Crippen LogP contribution in [0.2, 0.25) is 0 Å². The quantitative estimate of drug-likeness (QED) is 0.330. The lowest BCUT2D eigenvalue weighted by Crippen LogP contribution is -2.22. The number of hydrogen-bond donors (Lipinski definition) is 3. The average molecular weight is 312 g/mol. The van der Waals surface area contributed by atoms with E-state index in [-0.39, 0.29) is 0 Å². The predicted octanol–water partition coefficient (Wildman–Crippen LogP) is 4.34. The molecule has 4 N–H and O–H groups in total. The number of hydrogen-bond acceptors (Lipinski definition) is 3. The van der Waals surface area contributed by atoms with Crippen LogP contribution in [0.25, 0.3) is 0 Å². The van der Waals surface area contributed by atoms with Gasteiger partial charge in [0.05, 0.1) is 0 Å². The fraction of sp³-hybridized carbons (Fsp3) is 0.895. The minimum Gasteiger partial charge on any atom is -0.391 e. The smallest absolute Gasteiger partial charge is 0.0153 e. The van der Waals surface area contributed by atoms with Gasteiger partial charge in [-0.25, -0.2) is 0 Å². The molecule has 0 unspecified atom stereocenters. The molecule has 0 aromatic heterocycles. The topological polar surface area (TPSA) is 50.1 Å². The first-order chi connectivity index (χ1) is 10.9. The monoisotopic (exact) mass is 311 g/mol. The molecule has 0 rings (SSSR count). The molecule has 0 aliphatic rings. The summed E-state index contributed by atoms with van der Waals surface area (Å²) in [5, 5.41) is 6.75. The van der Waals surface area contributed by atoms with E-state index in [0.29, 0.717) is 0 Å². The second-order valence-corrected chi connectivity index (χ2v) is 6.22. The van der Waals surface area contributed by atoms with E-state index in [4.69, 9.17) is 5.73 Å². The van der Waals surface area contributed by atoms with Crippen LogP contribution in [0.4, 0.5) is 0 Å². The van der Waals surface area contributed by atoms with Gasteiger partial charge < -0.3 is 16.4 Å². The first-order valence-electron chi connectivity index (χ1n) is 9.71. The van der Waals surface area contributed by atoms with E-state index < -0.39 is 0 Å². The molecule has 0 aromatic rings. The summed E-state index contributed by atoms with van der Waals surface area (Å²) in [5.74, 6) is 0. The molecule has 0 spiro atoms. The second-order valence-electron chi connectivity index (χ2n) is 6.22. The Labute approximate surface area is 139 Å². The van der Waals surface area contributed by atoms with Gasteiger partial charge in [0.2, 0.25) is 0 Å². The van der Waals surface area contributed by atoms with Crippen molar-refractivity contribution >= 4 is 0 Å². The molecular weight excluding hydrogens is 270 g/mol. The van der Waals surface area contributed by atoms with E-state index >= 15 is 0 Å². The lowest BCUT2D eigenvalue weighted by molar-refractivity contribution is 0.566. The van der Waals surface area contributed by atoms with Crippen molar-refractivity contribution in [1.29, 1.82) is 0 Å². The summed E-state index contributed by atoms with van der Waals surface area (Å²) in [4.78, 5) is 0. The lowest BCUT2D eigenvalue weighted by Gasteiger charge is -2.03. The van der Waals surface area contributed by atoms with E-state index in [9.17, 15) is 0 Å². The van der Waals surface area contributed by atoms with Crippen LogP contribution in [-0.4, -0.2) is 26.2 Å². The summed E-state index contributed by atoms with van der Waals surface area (Å²) in [5.41, 5.74) is 5.44. The molecule has 0 saturated carbocycles. The van der Waals surface area contributed by atoms with Gasteiger partial charge in [0.1, 0.15) is 0 Å². The van der Waals surface area contributed by atoms with Crippen LogP contribution >= 0.6 is 0 Å². The van der Waals surface area contributed by atoms with E-state index in [1.165, 1.54) is 70.6 Å². The maximum Gasteiger partial charge on any atom is 0.0153 e. The molecule has 0 radical (unpaired) electrons. The zero-order valence-corrected chi connectivity index (χ0v) is 15.0. The summed E-state index contributed by atoms with van der Waals surface area (Å²) in [6.07, 6.45) is 20.6. The highest BCUT2D eigenvalue weighted by molar-refractivity contribution is 4.79. The van der Waals surface area contributed by atoms with Crippen LogP contribution < -0.4 is 16.4 Å². The van der Waals surface area contributed by atoms with Crippen molar-refractivity contribution in [1.82, 2.24) is 10.6 Å². The van der Waals surface area contributed by atoms with E-state index in [1.807, 2.05) is 0 Å². The van der Waals surface area contributed by atoms with Crippen LogP contribution in [0.15, 0.2) is 12.3 Å². The van der Waals surface area contributed by atoms with Gasteiger partial charge >= 0.3 is 0 Å². The maximum absolute atomic E-state index is 5.44. The average Bonchev–Trinajstić information content (AvgIpc) is 2.54. The minimum absolute atomic E-state index is 0.785. The highest BCUT2D eigenvalue weighted by atomic mass is 14.9. The number of unbranched alkanes of at least 4 members (excludes halogenated alkanes) is 9. The van der Waals surface area contributed by atoms with Gasteiger partial charge in [-0.2, -0.15) is 0 Å². The van der Waals surface area contributed by atoms with Crippen molar-refractivity contribution in [2.24, 2.45) is 5.73 Å². The Hall–Kier alpha value is -0.540. The third-order valence-corrected chi connectivity index (χ3v) is 3.94. The molecule has 0 heterocycles. The van der Waals surface area contributed by atoms with Crippen molar-refractivity contribution in [2.45, 2.75) is 84.0 Å². The van der Waals surface area contributed by atoms with Crippen LogP contribution in [-0.2, 0) is 0 Å². The molecule has 0 amide bonds. The zero-order valence-electron chi connectivity index (χ0n) is 15.0. The number of rotatable bonds is 18. The number of nitrogens with one attached hydrogen (secondary N) is 2. The summed E-state index contributed by atoms with van der Waals surface area (Å²) in [7, 11) is 0. The van der Waals surface area contributed by atoms with Gasteiger partial charge in [-0.05, 0) is 51.5 Å². The highest BCUT2D eigenvalue weighted by Crippen LogP contribution is 2.10. The van der Waals surface area contributed by atoms with Crippen molar-refractivity contribution < 1.29 is 0 Å². The molecule has 0 atom stereocenters. The largest absolute Gasteiger partial charge is 0.391 e. The van der Waals surface area contributed by atoms with E-state index in [1.54, 1.807) is 0 Å². The van der Waals surface area contributed by atoms with Gasteiger partial charge in [-0.3, -0.25) is 0 Å². The maximum atomic E-state index is 5.44. The Morgan fingerprint density at radius 3 is 2.05 bits per heavy atom. The third kappa shape index (κ3) is 19.5. The molecule has 132 valence electrons. The van der Waals surface area contributed by atoms with Crippen molar-refractivity contribution in [3.63, 3.8) is 0 Å². The normalized spacial score (nSPS) is 11.4. The van der Waals surface area contributed by atoms with Crippen LogP contribution in [0.5, 0.6) is 0 Å². The molecule has 3 nitrogen and oxygen atoms in total. The van der Waals surface area contributed by atoms with Crippen LogP contribution in [0.1, 0.15) is 84.0 Å². The third-order valence-electron chi connectivity index (χ3n) is 3.94. The van der Waals surface area contributed by atoms with Gasteiger partial charge in [0, 0.05) is 6.54 Å². The molecule has 0 aromatic carbocycles. The van der Waals surface area contributed by atoms with Crippen molar-refractivity contribution in [2.75, 3.05) is 26.2 Å². The lowest BCUT2D eigenvalue weighted by atomic mass is 10.1. The Morgan fingerprint density at radius 2 is 1.36 bits per heavy atom. The van der Waals surface area contributed by atoms with E-state index in [2.05, 4.69) is 29.8 Å². The van der Waals surface area contributed by atoms with Gasteiger partial charge in [-0.15, -0.1) is 0 Å². The van der Waals surface area contributed by atoms with Crippen LogP contribution in [0, 0.1) is 0 Å². The summed E-state index contributed by atoms with van der Waals surface area (Å²) >= 11 is 0. The standard InChI is InChI=1S/C19H41N3/c1-2-3-4-5-6-7-8-9-10-11-12-16-21-18-14-19-22-17-13-15-20/h12,16,21-22H,2-11,13-15,17-20H2,1H3/b16-12+. The summed E-state index contributed by atoms with van der Waals surface area (Å²) in [6.45, 7) is 6.25. The SMILES string of the molecule is CCCCCCCCCCC/C=C/NCCCNCCCN. The first-order valence-corrected chi connectivity index (χ1v) is 9.71. The number of nitrogens with two attached hydrogens (primary N) is 1. The molecule has 0 saturated heterocycles. The Morgan fingerprint density at radius 1 is 0.727 bits per heavy atom. The Balaban J connectivity index is 3.02. The van der Waals surface area contributed by atoms with Crippen LogP contribution in [0.3, 0.4) is 0 Å². The highest BCUT2D eigenvalue weighted by Gasteiger charge is 1.91. The molecular formula is C19H41N3. The van der Waals surface area contributed by atoms with Gasteiger partial charge in [0.25, 0.3) is 0 Å². The fourth-order valence-corrected chi connectivity index (χ4v) is 2.49. The van der Waals surface area contributed by atoms with E-state index in [0.717, 1.165) is 32.6 Å². The number of allylic oxidation sites excluding steroid dienone is 1. The molecule has 22 heavy (non-hydrogen) atoms. The molecule has 0 fully saturated rings. The van der Waals surface area contributed by atoms with Gasteiger partial charge in [0.15, 0.2) is 0 Å². The Bertz CT molecular complexity index is 217. The zero-order chi connectivity index (χ0) is 16.1. The minimum atomic E-state index is 0.785. The fourth-order valence-electron chi connectivity index (χ4n) is 2.49. The second kappa shape index (κ2) is 20.5. The molecule has 0 aliphatic carbocycles. The first kappa shape index (κ1) is 21.5. The van der Waals surface area contributed by atoms with Crippen molar-refractivity contribution in [3.05, 3.63) is 12.3 Å². The molecule has 0 bridgehead atoms. The summed E-state index contributed by atoms with van der Waals surface area (Å²) in [6, 6.07) is 0. The Kier molecular flexibility index (Phi) is 20.0. The summed E-state index contributed by atoms with van der Waals surface area (Å²) < 4.78 is 0. The van der Waals surface area contributed by atoms with Gasteiger partial charge in [-0.1, -0.05) is 64.4 Å². The molecule has 3 heteroatoms. The predicted molar refractivity (Wildman–Crippen MR) is 100 cm³/mol. The molecule has 0 aliphatic heterocycles.